The van der Waals surface area contributed by atoms with E-state index in [9.17, 15) is 4.79 Å². The van der Waals surface area contributed by atoms with Crippen LogP contribution in [0, 0.1) is 0 Å². The molecule has 1 aromatic carbocycles. The molecule has 1 aromatic rings. The summed E-state index contributed by atoms with van der Waals surface area (Å²) in [6.45, 7) is 1.22. The van der Waals surface area contributed by atoms with Gasteiger partial charge in [-0.2, -0.15) is 0 Å². The minimum absolute atomic E-state index is 0.0182. The predicted octanol–water partition coefficient (Wildman–Crippen LogP) is 2.22. The summed E-state index contributed by atoms with van der Waals surface area (Å²) in [4.78, 5) is 10.9. The molecule has 0 atom stereocenters. The van der Waals surface area contributed by atoms with Gasteiger partial charge in [0.1, 0.15) is 0 Å². The molecule has 0 heterocycles. The molecule has 5 heteroatoms. The van der Waals surface area contributed by atoms with E-state index in [-0.39, 0.29) is 5.91 Å². The average molecular weight is 261 g/mol. The van der Waals surface area contributed by atoms with Crippen LogP contribution in [0.3, 0.4) is 0 Å². The molecule has 0 aromatic heterocycles. The second kappa shape index (κ2) is 6.74. The number of carbonyl (C=O) groups is 1. The number of rotatable bonds is 5. The van der Waals surface area contributed by atoms with E-state index in [1.165, 1.54) is 0 Å². The van der Waals surface area contributed by atoms with Crippen LogP contribution in [-0.2, 0) is 11.3 Å². The van der Waals surface area contributed by atoms with Gasteiger partial charge in [0, 0.05) is 26.6 Å². The lowest BCUT2D eigenvalue weighted by atomic mass is 10.2. The summed E-state index contributed by atoms with van der Waals surface area (Å²) >= 11 is 11.9. The fourth-order valence-corrected chi connectivity index (χ4v) is 1.62. The van der Waals surface area contributed by atoms with E-state index in [0.717, 1.165) is 5.56 Å². The van der Waals surface area contributed by atoms with Gasteiger partial charge in [0.15, 0.2) is 0 Å². The van der Waals surface area contributed by atoms with Crippen molar-refractivity contribution >= 4 is 29.1 Å². The fourth-order valence-electron chi connectivity index (χ4n) is 1.23. The molecule has 0 aliphatic carbocycles. The normalized spacial score (nSPS) is 10.2. The standard InChI is InChI=1S/C11H14Cl2N2O/c1-14-10(16)5-6-15-7-8-3-2-4-9(12)11(8)13/h2-4,15H,5-7H2,1H3,(H,14,16). The molecule has 0 fully saturated rings. The van der Waals surface area contributed by atoms with Gasteiger partial charge in [-0.1, -0.05) is 35.3 Å². The van der Waals surface area contributed by atoms with E-state index in [2.05, 4.69) is 10.6 Å². The Balaban J connectivity index is 2.38. The van der Waals surface area contributed by atoms with E-state index in [0.29, 0.717) is 29.6 Å². The van der Waals surface area contributed by atoms with Crippen molar-refractivity contribution in [1.29, 1.82) is 0 Å². The Kier molecular flexibility index (Phi) is 5.60. The van der Waals surface area contributed by atoms with Crippen molar-refractivity contribution in [2.24, 2.45) is 0 Å². The van der Waals surface area contributed by atoms with Crippen LogP contribution in [0.1, 0.15) is 12.0 Å². The molecule has 1 rings (SSSR count). The molecule has 0 unspecified atom stereocenters. The second-order valence-corrected chi connectivity index (χ2v) is 4.10. The van der Waals surface area contributed by atoms with Crippen molar-refractivity contribution in [2.75, 3.05) is 13.6 Å². The minimum atomic E-state index is 0.0182. The molecule has 0 aliphatic rings. The lowest BCUT2D eigenvalue weighted by Crippen LogP contribution is -2.24. The molecule has 0 saturated carbocycles. The third-order valence-corrected chi connectivity index (χ3v) is 3.01. The second-order valence-electron chi connectivity index (χ2n) is 3.31. The minimum Gasteiger partial charge on any atom is -0.359 e. The van der Waals surface area contributed by atoms with E-state index in [4.69, 9.17) is 23.2 Å². The Morgan fingerprint density at radius 2 is 2.12 bits per heavy atom. The van der Waals surface area contributed by atoms with Gasteiger partial charge in [-0.25, -0.2) is 0 Å². The number of hydrogen-bond donors (Lipinski definition) is 2. The van der Waals surface area contributed by atoms with Gasteiger partial charge in [-0.3, -0.25) is 4.79 Å². The topological polar surface area (TPSA) is 41.1 Å². The van der Waals surface area contributed by atoms with Gasteiger partial charge in [0.05, 0.1) is 10.0 Å². The van der Waals surface area contributed by atoms with Crippen LogP contribution < -0.4 is 10.6 Å². The van der Waals surface area contributed by atoms with Crippen molar-refractivity contribution in [3.63, 3.8) is 0 Å². The molecule has 88 valence electrons. The van der Waals surface area contributed by atoms with Crippen molar-refractivity contribution in [1.82, 2.24) is 10.6 Å². The molecule has 16 heavy (non-hydrogen) atoms. The van der Waals surface area contributed by atoms with Crippen molar-refractivity contribution in [3.05, 3.63) is 33.8 Å². The van der Waals surface area contributed by atoms with Crippen LogP contribution in [0.25, 0.3) is 0 Å². The van der Waals surface area contributed by atoms with Crippen LogP contribution in [0.2, 0.25) is 10.0 Å². The first kappa shape index (κ1) is 13.3. The first-order valence-corrected chi connectivity index (χ1v) is 5.75. The summed E-state index contributed by atoms with van der Waals surface area (Å²) in [6.07, 6.45) is 0.453. The largest absolute Gasteiger partial charge is 0.359 e. The maximum absolute atomic E-state index is 10.9. The molecule has 0 saturated heterocycles. The molecule has 3 nitrogen and oxygen atoms in total. The lowest BCUT2D eigenvalue weighted by Gasteiger charge is -2.07. The van der Waals surface area contributed by atoms with Crippen molar-refractivity contribution in [2.45, 2.75) is 13.0 Å². The highest BCUT2D eigenvalue weighted by molar-refractivity contribution is 6.42. The third-order valence-electron chi connectivity index (χ3n) is 2.15. The molecule has 0 aliphatic heterocycles. The number of carbonyl (C=O) groups excluding carboxylic acids is 1. The average Bonchev–Trinajstić information content (AvgIpc) is 2.29. The lowest BCUT2D eigenvalue weighted by molar-refractivity contribution is -0.120. The number of hydrogen-bond acceptors (Lipinski definition) is 2. The predicted molar refractivity (Wildman–Crippen MR) is 66.9 cm³/mol. The Hall–Kier alpha value is -0.770. The molecule has 0 bridgehead atoms. The highest BCUT2D eigenvalue weighted by Crippen LogP contribution is 2.25. The van der Waals surface area contributed by atoms with Gasteiger partial charge in [0.25, 0.3) is 0 Å². The number of halogens is 2. The molecular weight excluding hydrogens is 247 g/mol. The zero-order valence-corrected chi connectivity index (χ0v) is 10.5. The molecular formula is C11H14Cl2N2O. The van der Waals surface area contributed by atoms with Gasteiger partial charge in [-0.15, -0.1) is 0 Å². The van der Waals surface area contributed by atoms with Crippen LogP contribution in [0.5, 0.6) is 0 Å². The quantitative estimate of drug-likeness (QED) is 0.798. The summed E-state index contributed by atoms with van der Waals surface area (Å²) in [5.41, 5.74) is 0.936. The van der Waals surface area contributed by atoms with Crippen LogP contribution in [0.4, 0.5) is 0 Å². The monoisotopic (exact) mass is 260 g/mol. The molecule has 2 N–H and O–H groups in total. The van der Waals surface area contributed by atoms with Gasteiger partial charge in [0.2, 0.25) is 5.91 Å². The summed E-state index contributed by atoms with van der Waals surface area (Å²) in [5.74, 6) is 0.0182. The van der Waals surface area contributed by atoms with Crippen LogP contribution in [-0.4, -0.2) is 19.5 Å². The zero-order valence-electron chi connectivity index (χ0n) is 9.02. The summed E-state index contributed by atoms with van der Waals surface area (Å²) in [5, 5.41) is 6.80. The van der Waals surface area contributed by atoms with Crippen molar-refractivity contribution < 1.29 is 4.79 Å². The van der Waals surface area contributed by atoms with Crippen molar-refractivity contribution in [3.8, 4) is 0 Å². The molecule has 1 amide bonds. The first-order valence-electron chi connectivity index (χ1n) is 4.99. The smallest absolute Gasteiger partial charge is 0.221 e. The SMILES string of the molecule is CNC(=O)CCNCc1cccc(Cl)c1Cl. The van der Waals surface area contributed by atoms with E-state index >= 15 is 0 Å². The Morgan fingerprint density at radius 1 is 1.38 bits per heavy atom. The molecule has 0 radical (unpaired) electrons. The maximum Gasteiger partial charge on any atom is 0.221 e. The van der Waals surface area contributed by atoms with Crippen LogP contribution >= 0.6 is 23.2 Å². The van der Waals surface area contributed by atoms with E-state index < -0.39 is 0 Å². The molecule has 0 spiro atoms. The van der Waals surface area contributed by atoms with Gasteiger partial charge in [-0.05, 0) is 11.6 Å². The highest BCUT2D eigenvalue weighted by atomic mass is 35.5. The van der Waals surface area contributed by atoms with Gasteiger partial charge < -0.3 is 10.6 Å². The number of amides is 1. The zero-order chi connectivity index (χ0) is 12.0. The third kappa shape index (κ3) is 4.00. The van der Waals surface area contributed by atoms with Crippen LogP contribution in [0.15, 0.2) is 18.2 Å². The fraction of sp³-hybridized carbons (Fsp3) is 0.364. The summed E-state index contributed by atoms with van der Waals surface area (Å²) < 4.78 is 0. The van der Waals surface area contributed by atoms with E-state index in [1.54, 1.807) is 13.1 Å². The maximum atomic E-state index is 10.9. The Morgan fingerprint density at radius 3 is 2.81 bits per heavy atom. The number of benzene rings is 1. The Labute approximate surface area is 105 Å². The van der Waals surface area contributed by atoms with E-state index in [1.807, 2.05) is 12.1 Å². The number of nitrogens with one attached hydrogen (secondary N) is 2. The summed E-state index contributed by atoms with van der Waals surface area (Å²) in [6, 6.07) is 5.50. The Bertz CT molecular complexity index is 369. The first-order chi connectivity index (χ1) is 7.65. The summed E-state index contributed by atoms with van der Waals surface area (Å²) in [7, 11) is 1.62. The van der Waals surface area contributed by atoms with Gasteiger partial charge >= 0.3 is 0 Å². The highest BCUT2D eigenvalue weighted by Gasteiger charge is 2.03.